The Morgan fingerprint density at radius 1 is 0.846 bits per heavy atom. The van der Waals surface area contributed by atoms with Gasteiger partial charge in [-0.1, -0.05) is 60.7 Å². The van der Waals surface area contributed by atoms with Crippen LogP contribution in [0.1, 0.15) is 33.1 Å². The molecule has 0 fully saturated rings. The number of benzene rings is 3. The van der Waals surface area contributed by atoms with Crippen molar-refractivity contribution < 1.29 is 9.72 Å². The van der Waals surface area contributed by atoms with Gasteiger partial charge >= 0.3 is 0 Å². The third kappa shape index (κ3) is 2.63. The van der Waals surface area contributed by atoms with Crippen molar-refractivity contribution >= 4 is 11.6 Å². The molecule has 1 atom stereocenters. The van der Waals surface area contributed by atoms with Crippen LogP contribution in [0.4, 0.5) is 5.69 Å². The fourth-order valence-corrected chi connectivity index (χ4v) is 3.53. The number of carbonyl (C=O) groups excluding carboxylic acids is 1. The van der Waals surface area contributed by atoms with Gasteiger partial charge in [-0.2, -0.15) is 0 Å². The van der Waals surface area contributed by atoms with Crippen molar-refractivity contribution in [3.8, 4) is 0 Å². The first-order valence-corrected chi connectivity index (χ1v) is 8.34. The SMILES string of the molecule is O=C1c2ccccc2C(c2ccccc2[N+](=O)[O-])N1Cc1ccccc1. The molecule has 0 radical (unpaired) electrons. The molecule has 0 saturated heterocycles. The molecule has 26 heavy (non-hydrogen) atoms. The van der Waals surface area contributed by atoms with Gasteiger partial charge in [0.15, 0.2) is 0 Å². The highest BCUT2D eigenvalue weighted by atomic mass is 16.6. The minimum Gasteiger partial charge on any atom is -0.323 e. The molecule has 0 saturated carbocycles. The maximum Gasteiger partial charge on any atom is 0.275 e. The third-order valence-electron chi connectivity index (χ3n) is 4.68. The Bertz CT molecular complexity index is 985. The van der Waals surface area contributed by atoms with Crippen molar-refractivity contribution in [1.82, 2.24) is 4.90 Å². The van der Waals surface area contributed by atoms with Gasteiger partial charge in [-0.15, -0.1) is 0 Å². The molecule has 1 heterocycles. The number of nitro benzene ring substituents is 1. The summed E-state index contributed by atoms with van der Waals surface area (Å²) < 4.78 is 0. The summed E-state index contributed by atoms with van der Waals surface area (Å²) in [5, 5.41) is 11.5. The van der Waals surface area contributed by atoms with Gasteiger partial charge in [0, 0.05) is 18.2 Å². The number of rotatable bonds is 4. The van der Waals surface area contributed by atoms with E-state index >= 15 is 0 Å². The molecule has 0 spiro atoms. The average Bonchev–Trinajstić information content (AvgIpc) is 2.95. The van der Waals surface area contributed by atoms with E-state index in [9.17, 15) is 14.9 Å². The first-order valence-electron chi connectivity index (χ1n) is 8.34. The van der Waals surface area contributed by atoms with Crippen LogP contribution in [0, 0.1) is 10.1 Å². The second-order valence-electron chi connectivity index (χ2n) is 6.22. The van der Waals surface area contributed by atoms with Crippen molar-refractivity contribution in [1.29, 1.82) is 0 Å². The highest BCUT2D eigenvalue weighted by Gasteiger charge is 2.40. The Kier molecular flexibility index (Phi) is 3.97. The number of hydrogen-bond donors (Lipinski definition) is 0. The molecular formula is C21H16N2O3. The third-order valence-corrected chi connectivity index (χ3v) is 4.68. The molecule has 128 valence electrons. The van der Waals surface area contributed by atoms with Gasteiger partial charge in [0.05, 0.1) is 16.5 Å². The minimum atomic E-state index is -0.472. The van der Waals surface area contributed by atoms with Crippen molar-refractivity contribution in [2.45, 2.75) is 12.6 Å². The molecule has 3 aromatic carbocycles. The molecule has 3 aromatic rings. The average molecular weight is 344 g/mol. The van der Waals surface area contributed by atoms with E-state index in [1.54, 1.807) is 29.2 Å². The molecule has 5 nitrogen and oxygen atoms in total. The number of nitrogens with zero attached hydrogens (tertiary/aromatic N) is 2. The summed E-state index contributed by atoms with van der Waals surface area (Å²) in [4.78, 5) is 25.9. The lowest BCUT2D eigenvalue weighted by Crippen LogP contribution is -2.28. The molecule has 0 bridgehead atoms. The maximum atomic E-state index is 13.0. The highest BCUT2D eigenvalue weighted by Crippen LogP contribution is 2.42. The van der Waals surface area contributed by atoms with Crippen molar-refractivity contribution in [3.63, 3.8) is 0 Å². The topological polar surface area (TPSA) is 63.4 Å². The lowest BCUT2D eigenvalue weighted by Gasteiger charge is -2.25. The summed E-state index contributed by atoms with van der Waals surface area (Å²) in [5.41, 5.74) is 2.96. The van der Waals surface area contributed by atoms with Gasteiger partial charge < -0.3 is 4.90 Å². The van der Waals surface area contributed by atoms with Gasteiger partial charge in [0.25, 0.3) is 11.6 Å². The Morgan fingerprint density at radius 2 is 1.46 bits per heavy atom. The van der Waals surface area contributed by atoms with E-state index in [1.807, 2.05) is 48.5 Å². The highest BCUT2D eigenvalue weighted by molar-refractivity contribution is 5.99. The van der Waals surface area contributed by atoms with Crippen molar-refractivity contribution in [2.24, 2.45) is 0 Å². The van der Waals surface area contributed by atoms with Crippen molar-refractivity contribution in [3.05, 3.63) is 111 Å². The van der Waals surface area contributed by atoms with Crippen LogP contribution >= 0.6 is 0 Å². The van der Waals surface area contributed by atoms with Gasteiger partial charge in [0.1, 0.15) is 0 Å². The molecule has 1 aliphatic rings. The number of amides is 1. The standard InChI is InChI=1S/C21H16N2O3/c24-21-17-11-5-4-10-16(17)20(18-12-6-7-13-19(18)23(25)26)22(21)14-15-8-2-1-3-9-15/h1-13,20H,14H2. The zero-order valence-corrected chi connectivity index (χ0v) is 13.9. The Hall–Kier alpha value is -3.47. The van der Waals surface area contributed by atoms with E-state index in [0.717, 1.165) is 11.1 Å². The number of nitro groups is 1. The van der Waals surface area contributed by atoms with E-state index in [1.165, 1.54) is 6.07 Å². The van der Waals surface area contributed by atoms with Crippen LogP contribution in [0.3, 0.4) is 0 Å². The molecule has 1 aliphatic heterocycles. The fourth-order valence-electron chi connectivity index (χ4n) is 3.53. The summed E-state index contributed by atoms with van der Waals surface area (Å²) in [6.45, 7) is 0.394. The lowest BCUT2D eigenvalue weighted by atomic mass is 9.96. The number of fused-ring (bicyclic) bond motifs is 1. The van der Waals surface area contributed by atoms with Crippen LogP contribution in [0.2, 0.25) is 0 Å². The number of para-hydroxylation sites is 1. The van der Waals surface area contributed by atoms with E-state index in [-0.39, 0.29) is 16.5 Å². The van der Waals surface area contributed by atoms with Crippen LogP contribution in [0.5, 0.6) is 0 Å². The Morgan fingerprint density at radius 3 is 2.19 bits per heavy atom. The van der Waals surface area contributed by atoms with E-state index in [0.29, 0.717) is 17.7 Å². The Labute approximate surface area is 150 Å². The van der Waals surface area contributed by atoms with Crippen LogP contribution in [0.25, 0.3) is 0 Å². The number of carbonyl (C=O) groups is 1. The van der Waals surface area contributed by atoms with Gasteiger partial charge in [-0.3, -0.25) is 14.9 Å². The van der Waals surface area contributed by atoms with Gasteiger partial charge in [-0.05, 0) is 23.3 Å². The second-order valence-corrected chi connectivity index (χ2v) is 6.22. The smallest absolute Gasteiger partial charge is 0.275 e. The summed E-state index contributed by atoms with van der Waals surface area (Å²) in [7, 11) is 0. The summed E-state index contributed by atoms with van der Waals surface area (Å²) in [5.74, 6) is -0.104. The largest absolute Gasteiger partial charge is 0.323 e. The predicted octanol–water partition coefficient (Wildman–Crippen LogP) is 4.34. The number of hydrogen-bond acceptors (Lipinski definition) is 3. The molecule has 0 aromatic heterocycles. The molecule has 0 aliphatic carbocycles. The van der Waals surface area contributed by atoms with E-state index in [4.69, 9.17) is 0 Å². The first kappa shape index (κ1) is 16.0. The molecule has 0 N–H and O–H groups in total. The molecule has 4 rings (SSSR count). The van der Waals surface area contributed by atoms with Crippen LogP contribution in [0.15, 0.2) is 78.9 Å². The second kappa shape index (κ2) is 6.44. The van der Waals surface area contributed by atoms with E-state index < -0.39 is 6.04 Å². The molecule has 5 heteroatoms. The normalized spacial score (nSPS) is 15.8. The van der Waals surface area contributed by atoms with Crippen molar-refractivity contribution in [2.75, 3.05) is 0 Å². The zero-order chi connectivity index (χ0) is 18.1. The fraction of sp³-hybridized carbons (Fsp3) is 0.0952. The maximum absolute atomic E-state index is 13.0. The molecular weight excluding hydrogens is 328 g/mol. The molecule has 1 amide bonds. The Balaban J connectivity index is 1.86. The minimum absolute atomic E-state index is 0.0278. The van der Waals surface area contributed by atoms with E-state index in [2.05, 4.69) is 0 Å². The predicted molar refractivity (Wildman–Crippen MR) is 97.7 cm³/mol. The quantitative estimate of drug-likeness (QED) is 0.522. The summed E-state index contributed by atoms with van der Waals surface area (Å²) >= 11 is 0. The zero-order valence-electron chi connectivity index (χ0n) is 13.9. The monoisotopic (exact) mass is 344 g/mol. The van der Waals surface area contributed by atoms with Gasteiger partial charge in [0.2, 0.25) is 0 Å². The summed E-state index contributed by atoms with van der Waals surface area (Å²) in [6, 6.07) is 23.2. The van der Waals surface area contributed by atoms with Crippen LogP contribution in [-0.2, 0) is 6.54 Å². The van der Waals surface area contributed by atoms with Crippen LogP contribution < -0.4 is 0 Å². The first-order chi connectivity index (χ1) is 12.7. The molecule has 1 unspecified atom stereocenters. The summed E-state index contributed by atoms with van der Waals surface area (Å²) in [6.07, 6.45) is 0. The van der Waals surface area contributed by atoms with Crippen LogP contribution in [-0.4, -0.2) is 15.7 Å². The lowest BCUT2D eigenvalue weighted by molar-refractivity contribution is -0.385. The van der Waals surface area contributed by atoms with Gasteiger partial charge in [-0.25, -0.2) is 0 Å².